The van der Waals surface area contributed by atoms with Crippen molar-refractivity contribution in [2.75, 3.05) is 6.26 Å². The van der Waals surface area contributed by atoms with Crippen LogP contribution in [0.2, 0.25) is 0 Å². The molecule has 0 saturated heterocycles. The van der Waals surface area contributed by atoms with Crippen molar-refractivity contribution in [1.82, 2.24) is 20.4 Å². The van der Waals surface area contributed by atoms with Crippen molar-refractivity contribution in [1.29, 1.82) is 0 Å². The average molecular weight is 261 g/mol. The number of nitrogens with one attached hydrogen (secondary N) is 1. The van der Waals surface area contributed by atoms with Gasteiger partial charge in [-0.2, -0.15) is 0 Å². The predicted octanol–water partition coefficient (Wildman–Crippen LogP) is -0.374. The lowest BCUT2D eigenvalue weighted by Gasteiger charge is -2.22. The van der Waals surface area contributed by atoms with Crippen LogP contribution in [0.4, 0.5) is 0 Å². The Kier molecular flexibility index (Phi) is 4.61. The highest BCUT2D eigenvalue weighted by molar-refractivity contribution is 7.91. The summed E-state index contributed by atoms with van der Waals surface area (Å²) in [5, 5.41) is 7.07. The standard InChI is InChI=1S/C9H19N5O2S/c1-4-5-14-8(6-11-13-14)9(12-10)7(2)17(3,15)16/h6-7,9,12H,4-5,10H2,1-3H3. The first kappa shape index (κ1) is 14.1. The molecule has 3 N–H and O–H groups in total. The van der Waals surface area contributed by atoms with E-state index >= 15 is 0 Å². The van der Waals surface area contributed by atoms with Crippen molar-refractivity contribution in [3.8, 4) is 0 Å². The number of aromatic nitrogens is 3. The zero-order valence-corrected chi connectivity index (χ0v) is 11.1. The van der Waals surface area contributed by atoms with Crippen LogP contribution >= 0.6 is 0 Å². The van der Waals surface area contributed by atoms with Crippen LogP contribution in [0.1, 0.15) is 32.0 Å². The summed E-state index contributed by atoms with van der Waals surface area (Å²) >= 11 is 0. The maximum atomic E-state index is 11.6. The third kappa shape index (κ3) is 3.24. The van der Waals surface area contributed by atoms with Crippen molar-refractivity contribution in [2.24, 2.45) is 5.84 Å². The number of nitrogens with two attached hydrogens (primary N) is 1. The second-order valence-corrected chi connectivity index (χ2v) is 6.46. The van der Waals surface area contributed by atoms with Crippen molar-refractivity contribution in [2.45, 2.75) is 38.1 Å². The summed E-state index contributed by atoms with van der Waals surface area (Å²) < 4.78 is 24.8. The average Bonchev–Trinajstić information content (AvgIpc) is 2.67. The van der Waals surface area contributed by atoms with E-state index in [1.165, 1.54) is 6.26 Å². The molecule has 8 heteroatoms. The maximum absolute atomic E-state index is 11.6. The quantitative estimate of drug-likeness (QED) is 0.535. The minimum absolute atomic E-state index is 0.508. The van der Waals surface area contributed by atoms with Gasteiger partial charge in [-0.3, -0.25) is 11.3 Å². The van der Waals surface area contributed by atoms with Gasteiger partial charge in [-0.25, -0.2) is 13.1 Å². The lowest BCUT2D eigenvalue weighted by Crippen LogP contribution is -2.40. The number of sulfone groups is 1. The maximum Gasteiger partial charge on any atom is 0.152 e. The number of hydrazine groups is 1. The first-order valence-corrected chi connectivity index (χ1v) is 7.40. The number of nitrogens with zero attached hydrogens (tertiary/aromatic N) is 3. The largest absolute Gasteiger partial charge is 0.271 e. The van der Waals surface area contributed by atoms with Gasteiger partial charge in [0.2, 0.25) is 0 Å². The Morgan fingerprint density at radius 1 is 1.59 bits per heavy atom. The van der Waals surface area contributed by atoms with Gasteiger partial charge in [-0.05, 0) is 13.3 Å². The molecule has 17 heavy (non-hydrogen) atoms. The van der Waals surface area contributed by atoms with E-state index < -0.39 is 21.1 Å². The van der Waals surface area contributed by atoms with Crippen molar-refractivity contribution in [3.05, 3.63) is 11.9 Å². The minimum Gasteiger partial charge on any atom is -0.271 e. The van der Waals surface area contributed by atoms with E-state index in [2.05, 4.69) is 15.7 Å². The molecule has 2 atom stereocenters. The third-order valence-electron chi connectivity index (χ3n) is 2.73. The molecular weight excluding hydrogens is 242 g/mol. The van der Waals surface area contributed by atoms with Crippen LogP contribution < -0.4 is 11.3 Å². The topological polar surface area (TPSA) is 103 Å². The Balaban J connectivity index is 3.05. The van der Waals surface area contributed by atoms with E-state index in [1.54, 1.807) is 17.8 Å². The molecule has 0 aliphatic rings. The van der Waals surface area contributed by atoms with Crippen LogP contribution in [-0.4, -0.2) is 34.9 Å². The fourth-order valence-corrected chi connectivity index (χ4v) is 2.31. The van der Waals surface area contributed by atoms with E-state index in [4.69, 9.17) is 5.84 Å². The molecule has 0 bridgehead atoms. The highest BCUT2D eigenvalue weighted by atomic mass is 32.2. The molecule has 0 radical (unpaired) electrons. The molecule has 1 aromatic heterocycles. The van der Waals surface area contributed by atoms with Crippen LogP contribution in [0, 0.1) is 0 Å². The number of rotatable bonds is 6. The molecule has 0 spiro atoms. The van der Waals surface area contributed by atoms with Crippen molar-refractivity contribution < 1.29 is 8.42 Å². The summed E-state index contributed by atoms with van der Waals surface area (Å²) in [6.07, 6.45) is 3.62. The second kappa shape index (κ2) is 5.56. The molecule has 1 heterocycles. The lowest BCUT2D eigenvalue weighted by molar-refractivity contribution is 0.460. The summed E-state index contributed by atoms with van der Waals surface area (Å²) in [6, 6.07) is -0.508. The van der Waals surface area contributed by atoms with Gasteiger partial charge in [0, 0.05) is 12.8 Å². The minimum atomic E-state index is -3.18. The molecule has 1 aromatic rings. The summed E-state index contributed by atoms with van der Waals surface area (Å²) in [6.45, 7) is 4.31. The summed E-state index contributed by atoms with van der Waals surface area (Å²) in [5.41, 5.74) is 3.22. The summed E-state index contributed by atoms with van der Waals surface area (Å²) in [4.78, 5) is 0. The second-order valence-electron chi connectivity index (χ2n) is 4.06. The molecule has 0 aliphatic heterocycles. The van der Waals surface area contributed by atoms with Gasteiger partial charge in [0.05, 0.1) is 23.2 Å². The Labute approximate surface area is 101 Å². The lowest BCUT2D eigenvalue weighted by atomic mass is 10.1. The molecule has 98 valence electrons. The Hall–Kier alpha value is -0.990. The highest BCUT2D eigenvalue weighted by Gasteiger charge is 2.29. The Morgan fingerprint density at radius 3 is 2.71 bits per heavy atom. The fourth-order valence-electron chi connectivity index (χ4n) is 1.60. The van der Waals surface area contributed by atoms with Gasteiger partial charge in [0.25, 0.3) is 0 Å². The van der Waals surface area contributed by atoms with Gasteiger partial charge < -0.3 is 0 Å². The fraction of sp³-hybridized carbons (Fsp3) is 0.778. The highest BCUT2D eigenvalue weighted by Crippen LogP contribution is 2.20. The zero-order chi connectivity index (χ0) is 13.1. The molecule has 0 saturated carbocycles. The van der Waals surface area contributed by atoms with E-state index in [9.17, 15) is 8.42 Å². The molecule has 0 amide bonds. The summed E-state index contributed by atoms with van der Waals surface area (Å²) in [7, 11) is -3.18. The molecule has 0 fully saturated rings. The van der Waals surface area contributed by atoms with Crippen LogP contribution in [0.15, 0.2) is 6.20 Å². The van der Waals surface area contributed by atoms with Gasteiger partial charge in [-0.15, -0.1) is 5.10 Å². The Bertz CT molecular complexity index is 456. The molecule has 2 unspecified atom stereocenters. The van der Waals surface area contributed by atoms with Gasteiger partial charge >= 0.3 is 0 Å². The van der Waals surface area contributed by atoms with Gasteiger partial charge in [-0.1, -0.05) is 12.1 Å². The van der Waals surface area contributed by atoms with E-state index in [1.807, 2.05) is 6.92 Å². The monoisotopic (exact) mass is 261 g/mol. The van der Waals surface area contributed by atoms with Crippen LogP contribution in [0.5, 0.6) is 0 Å². The van der Waals surface area contributed by atoms with E-state index in [0.29, 0.717) is 12.2 Å². The number of hydrogen-bond donors (Lipinski definition) is 2. The molecule has 0 aromatic carbocycles. The molecule has 1 rings (SSSR count). The number of aryl methyl sites for hydroxylation is 1. The Morgan fingerprint density at radius 2 is 2.24 bits per heavy atom. The predicted molar refractivity (Wildman–Crippen MR) is 64.7 cm³/mol. The van der Waals surface area contributed by atoms with E-state index in [0.717, 1.165) is 6.42 Å². The smallest absolute Gasteiger partial charge is 0.152 e. The van der Waals surface area contributed by atoms with Crippen molar-refractivity contribution >= 4 is 9.84 Å². The van der Waals surface area contributed by atoms with Gasteiger partial charge in [0.1, 0.15) is 0 Å². The van der Waals surface area contributed by atoms with Gasteiger partial charge in [0.15, 0.2) is 9.84 Å². The summed E-state index contributed by atoms with van der Waals surface area (Å²) in [5.74, 6) is 5.44. The van der Waals surface area contributed by atoms with Crippen LogP contribution in [0.3, 0.4) is 0 Å². The molecule has 7 nitrogen and oxygen atoms in total. The first-order valence-electron chi connectivity index (χ1n) is 5.45. The zero-order valence-electron chi connectivity index (χ0n) is 10.3. The first-order chi connectivity index (χ1) is 7.91. The molecule has 0 aliphatic carbocycles. The van der Waals surface area contributed by atoms with E-state index in [-0.39, 0.29) is 0 Å². The third-order valence-corrected chi connectivity index (χ3v) is 4.35. The number of hydrogen-bond acceptors (Lipinski definition) is 6. The van der Waals surface area contributed by atoms with Crippen molar-refractivity contribution in [3.63, 3.8) is 0 Å². The normalized spacial score (nSPS) is 15.8. The van der Waals surface area contributed by atoms with Crippen LogP contribution in [0.25, 0.3) is 0 Å². The molecular formula is C9H19N5O2S. The SMILES string of the molecule is CCCn1nncc1C(NN)C(C)S(C)(=O)=O. The van der Waals surface area contributed by atoms with Crippen LogP contribution in [-0.2, 0) is 16.4 Å².